The van der Waals surface area contributed by atoms with Gasteiger partial charge in [0.25, 0.3) is 5.91 Å². The van der Waals surface area contributed by atoms with E-state index in [1.54, 1.807) is 4.90 Å². The molecule has 0 aromatic heterocycles. The number of carbonyl (C=O) groups excluding carboxylic acids is 1. The van der Waals surface area contributed by atoms with Gasteiger partial charge in [0.1, 0.15) is 0 Å². The molecule has 1 aliphatic heterocycles. The van der Waals surface area contributed by atoms with Crippen molar-refractivity contribution >= 4 is 35.1 Å². The number of carboxylic acids is 1. The van der Waals surface area contributed by atoms with Gasteiger partial charge in [0.2, 0.25) is 0 Å². The monoisotopic (exact) mass is 317 g/mol. The number of benzene rings is 1. The number of nitrogens with zero attached hydrogens (tertiary/aromatic N) is 1. The largest absolute Gasteiger partial charge is 0.481 e. The van der Waals surface area contributed by atoms with E-state index in [4.69, 9.17) is 33.0 Å². The molecule has 1 fully saturated rings. The predicted octanol–water partition coefficient (Wildman–Crippen LogP) is 2.09. The van der Waals surface area contributed by atoms with Crippen LogP contribution >= 0.6 is 23.2 Å². The Hall–Kier alpha value is -1.30. The molecule has 1 amide bonds. The molecule has 7 heteroatoms. The number of halogens is 2. The van der Waals surface area contributed by atoms with Crippen molar-refractivity contribution in [2.45, 2.75) is 6.42 Å². The minimum Gasteiger partial charge on any atom is -0.481 e. The number of carbonyl (C=O) groups is 2. The lowest BCUT2D eigenvalue weighted by molar-refractivity contribution is -0.136. The van der Waals surface area contributed by atoms with Gasteiger partial charge in [-0.25, -0.2) is 0 Å². The first-order chi connectivity index (χ1) is 9.50. The van der Waals surface area contributed by atoms with E-state index in [1.807, 2.05) is 0 Å². The number of morpholine rings is 1. The van der Waals surface area contributed by atoms with Crippen LogP contribution in [0.25, 0.3) is 0 Å². The van der Waals surface area contributed by atoms with Gasteiger partial charge in [-0.1, -0.05) is 23.2 Å². The fourth-order valence-electron chi connectivity index (χ4n) is 2.01. The summed E-state index contributed by atoms with van der Waals surface area (Å²) in [6.45, 7) is 1.95. The molecule has 1 heterocycles. The van der Waals surface area contributed by atoms with Gasteiger partial charge in [0.15, 0.2) is 0 Å². The Morgan fingerprint density at radius 2 is 1.90 bits per heavy atom. The van der Waals surface area contributed by atoms with Crippen LogP contribution in [0.5, 0.6) is 0 Å². The van der Waals surface area contributed by atoms with Crippen LogP contribution in [0, 0.1) is 0 Å². The molecule has 0 spiro atoms. The molecule has 0 saturated carbocycles. The summed E-state index contributed by atoms with van der Waals surface area (Å²) in [5.41, 5.74) is 0.536. The SMILES string of the molecule is O=C(O)Cc1c(Cl)ccc(C(=O)N2CCOCC2)c1Cl. The highest BCUT2D eigenvalue weighted by Gasteiger charge is 2.23. The Morgan fingerprint density at radius 3 is 2.50 bits per heavy atom. The van der Waals surface area contributed by atoms with Crippen LogP contribution in [-0.4, -0.2) is 48.2 Å². The van der Waals surface area contributed by atoms with E-state index in [9.17, 15) is 9.59 Å². The summed E-state index contributed by atoms with van der Waals surface area (Å²) in [6.07, 6.45) is -0.318. The van der Waals surface area contributed by atoms with Crippen LogP contribution < -0.4 is 0 Å². The van der Waals surface area contributed by atoms with Crippen molar-refractivity contribution in [1.82, 2.24) is 4.90 Å². The highest BCUT2D eigenvalue weighted by Crippen LogP contribution is 2.29. The van der Waals surface area contributed by atoms with E-state index < -0.39 is 5.97 Å². The molecule has 5 nitrogen and oxygen atoms in total. The smallest absolute Gasteiger partial charge is 0.307 e. The van der Waals surface area contributed by atoms with Gasteiger partial charge in [-0.15, -0.1) is 0 Å². The average Bonchev–Trinajstić information content (AvgIpc) is 2.43. The second kappa shape index (κ2) is 6.43. The number of carboxylic acid groups (broad SMARTS) is 1. The molecule has 20 heavy (non-hydrogen) atoms. The van der Waals surface area contributed by atoms with Crippen LogP contribution in [0.3, 0.4) is 0 Å². The number of hydrogen-bond acceptors (Lipinski definition) is 3. The highest BCUT2D eigenvalue weighted by atomic mass is 35.5. The zero-order chi connectivity index (χ0) is 14.7. The van der Waals surface area contributed by atoms with Crippen molar-refractivity contribution < 1.29 is 19.4 Å². The Labute approximate surface area is 126 Å². The van der Waals surface area contributed by atoms with Crippen LogP contribution in [-0.2, 0) is 16.0 Å². The fourth-order valence-corrected chi connectivity index (χ4v) is 2.60. The maximum Gasteiger partial charge on any atom is 0.307 e. The van der Waals surface area contributed by atoms with Crippen LogP contribution in [0.2, 0.25) is 10.0 Å². The van der Waals surface area contributed by atoms with Gasteiger partial charge in [0.05, 0.1) is 30.2 Å². The molecule has 0 atom stereocenters. The molecule has 0 aliphatic carbocycles. The number of aliphatic carboxylic acids is 1. The topological polar surface area (TPSA) is 66.8 Å². The quantitative estimate of drug-likeness (QED) is 0.927. The van der Waals surface area contributed by atoms with Crippen LogP contribution in [0.1, 0.15) is 15.9 Å². The normalized spacial score (nSPS) is 15.2. The molecule has 1 aromatic rings. The van der Waals surface area contributed by atoms with Gasteiger partial charge in [-0.3, -0.25) is 9.59 Å². The zero-order valence-electron chi connectivity index (χ0n) is 10.6. The summed E-state index contributed by atoms with van der Waals surface area (Å²) < 4.78 is 5.19. The van der Waals surface area contributed by atoms with Crippen molar-refractivity contribution in [1.29, 1.82) is 0 Å². The second-order valence-electron chi connectivity index (χ2n) is 4.36. The third kappa shape index (κ3) is 3.23. The molecule has 1 aliphatic rings. The van der Waals surface area contributed by atoms with Gasteiger partial charge in [-0.2, -0.15) is 0 Å². The van der Waals surface area contributed by atoms with Crippen molar-refractivity contribution in [3.05, 3.63) is 33.3 Å². The Balaban J connectivity index is 2.31. The maximum absolute atomic E-state index is 12.4. The van der Waals surface area contributed by atoms with E-state index in [0.717, 1.165) is 0 Å². The molecular weight excluding hydrogens is 305 g/mol. The van der Waals surface area contributed by atoms with Gasteiger partial charge >= 0.3 is 5.97 Å². The fraction of sp³-hybridized carbons (Fsp3) is 0.385. The highest BCUT2D eigenvalue weighted by molar-refractivity contribution is 6.38. The third-order valence-electron chi connectivity index (χ3n) is 3.04. The molecule has 0 unspecified atom stereocenters. The molecule has 1 aromatic carbocycles. The number of ether oxygens (including phenoxy) is 1. The molecular formula is C13H13Cl2NO4. The van der Waals surface area contributed by atoms with Gasteiger partial charge < -0.3 is 14.7 Å². The number of rotatable bonds is 3. The zero-order valence-corrected chi connectivity index (χ0v) is 12.1. The lowest BCUT2D eigenvalue weighted by Gasteiger charge is -2.27. The second-order valence-corrected chi connectivity index (χ2v) is 5.15. The summed E-state index contributed by atoms with van der Waals surface area (Å²) in [5.74, 6) is -1.29. The lowest BCUT2D eigenvalue weighted by atomic mass is 10.1. The van der Waals surface area contributed by atoms with E-state index in [0.29, 0.717) is 26.3 Å². The Kier molecular flexibility index (Phi) is 4.86. The van der Waals surface area contributed by atoms with Crippen molar-refractivity contribution in [2.75, 3.05) is 26.3 Å². The average molecular weight is 318 g/mol. The van der Waals surface area contributed by atoms with Crippen molar-refractivity contribution in [2.24, 2.45) is 0 Å². The summed E-state index contributed by atoms with van der Waals surface area (Å²) in [7, 11) is 0. The minimum absolute atomic E-state index is 0.108. The number of amides is 1. The lowest BCUT2D eigenvalue weighted by Crippen LogP contribution is -2.40. The summed E-state index contributed by atoms with van der Waals surface area (Å²) in [4.78, 5) is 24.8. The molecule has 0 bridgehead atoms. The minimum atomic E-state index is -1.05. The molecule has 1 saturated heterocycles. The maximum atomic E-state index is 12.4. The first-order valence-electron chi connectivity index (χ1n) is 6.06. The van der Waals surface area contributed by atoms with Gasteiger partial charge in [0, 0.05) is 23.7 Å². The van der Waals surface area contributed by atoms with E-state index in [1.165, 1.54) is 12.1 Å². The van der Waals surface area contributed by atoms with Gasteiger partial charge in [-0.05, 0) is 12.1 Å². The Morgan fingerprint density at radius 1 is 1.25 bits per heavy atom. The van der Waals surface area contributed by atoms with Crippen molar-refractivity contribution in [3.63, 3.8) is 0 Å². The van der Waals surface area contributed by atoms with E-state index in [-0.39, 0.29) is 33.5 Å². The predicted molar refractivity (Wildman–Crippen MR) is 74.5 cm³/mol. The van der Waals surface area contributed by atoms with Crippen LogP contribution in [0.4, 0.5) is 0 Å². The van der Waals surface area contributed by atoms with Crippen LogP contribution in [0.15, 0.2) is 12.1 Å². The summed E-state index contributed by atoms with van der Waals surface area (Å²) in [6, 6.07) is 3.02. The third-order valence-corrected chi connectivity index (χ3v) is 3.83. The number of hydrogen-bond donors (Lipinski definition) is 1. The Bertz CT molecular complexity index is 541. The standard InChI is InChI=1S/C13H13Cl2NO4/c14-10-2-1-8(12(15)9(10)7-11(17)18)13(19)16-3-5-20-6-4-16/h1-2H,3-7H2,(H,17,18). The first-order valence-corrected chi connectivity index (χ1v) is 6.82. The molecule has 0 radical (unpaired) electrons. The van der Waals surface area contributed by atoms with E-state index in [2.05, 4.69) is 0 Å². The summed E-state index contributed by atoms with van der Waals surface area (Å²) >= 11 is 12.1. The first kappa shape index (κ1) is 15.1. The molecule has 2 rings (SSSR count). The summed E-state index contributed by atoms with van der Waals surface area (Å²) in [5, 5.41) is 9.22. The van der Waals surface area contributed by atoms with Crippen molar-refractivity contribution in [3.8, 4) is 0 Å². The molecule has 108 valence electrons. The molecule has 1 N–H and O–H groups in total. The van der Waals surface area contributed by atoms with E-state index >= 15 is 0 Å².